The molecule has 0 aromatic carbocycles. The van der Waals surface area contributed by atoms with Crippen molar-refractivity contribution in [3.8, 4) is 0 Å². The predicted molar refractivity (Wildman–Crippen MR) is 60.3 cm³/mol. The zero-order valence-corrected chi connectivity index (χ0v) is 9.17. The van der Waals surface area contributed by atoms with Crippen molar-refractivity contribution in [2.75, 3.05) is 18.0 Å². The number of rotatable bonds is 1. The van der Waals surface area contributed by atoms with Crippen LogP contribution in [0.5, 0.6) is 0 Å². The number of anilines is 1. The summed E-state index contributed by atoms with van der Waals surface area (Å²) < 4.78 is 1.91. The van der Waals surface area contributed by atoms with Crippen molar-refractivity contribution < 1.29 is 0 Å². The van der Waals surface area contributed by atoms with E-state index in [2.05, 4.69) is 26.1 Å². The molecule has 1 saturated heterocycles. The Morgan fingerprint density at radius 3 is 3.12 bits per heavy atom. The van der Waals surface area contributed by atoms with Gasteiger partial charge in [0.15, 0.2) is 0 Å². The predicted octanol–water partition coefficient (Wildman–Crippen LogP) is -0.0299. The normalized spacial score (nSPS) is 20.9. The smallest absolute Gasteiger partial charge is 0.256 e. The fraction of sp³-hybridized carbons (Fsp3) is 0.500. The van der Waals surface area contributed by atoms with Gasteiger partial charge in [-0.2, -0.15) is 0 Å². The average molecular weight is 218 g/mol. The Kier molecular flexibility index (Phi) is 2.03. The summed E-state index contributed by atoms with van der Waals surface area (Å²) in [6, 6.07) is 2.31. The monoisotopic (exact) mass is 218 g/mol. The van der Waals surface area contributed by atoms with Gasteiger partial charge in [0, 0.05) is 30.9 Å². The molecule has 0 unspecified atom stereocenters. The molecule has 84 valence electrons. The lowest BCUT2D eigenvalue weighted by Gasteiger charge is -2.19. The van der Waals surface area contributed by atoms with Crippen molar-refractivity contribution >= 4 is 11.6 Å². The lowest BCUT2D eigenvalue weighted by molar-refractivity contribution is 0.750. The maximum Gasteiger partial charge on any atom is 0.256 e. The highest BCUT2D eigenvalue weighted by molar-refractivity contribution is 5.48. The van der Waals surface area contributed by atoms with E-state index in [1.54, 1.807) is 6.33 Å². The van der Waals surface area contributed by atoms with E-state index < -0.39 is 0 Å². The fourth-order valence-electron chi connectivity index (χ4n) is 2.15. The Hall–Kier alpha value is -1.69. The minimum atomic E-state index is 0.264. The van der Waals surface area contributed by atoms with E-state index >= 15 is 0 Å². The zero-order valence-electron chi connectivity index (χ0n) is 9.17. The Balaban J connectivity index is 2.11. The minimum Gasteiger partial charge on any atom is -0.356 e. The van der Waals surface area contributed by atoms with Crippen molar-refractivity contribution in [3.63, 3.8) is 0 Å². The molecular weight excluding hydrogens is 204 g/mol. The summed E-state index contributed by atoms with van der Waals surface area (Å²) in [5, 5.41) is 7.86. The first-order chi connectivity index (χ1) is 7.74. The minimum absolute atomic E-state index is 0.264. The molecule has 16 heavy (non-hydrogen) atoms. The highest BCUT2D eigenvalue weighted by atomic mass is 15.3. The van der Waals surface area contributed by atoms with Gasteiger partial charge in [-0.25, -0.2) is 4.98 Å². The van der Waals surface area contributed by atoms with E-state index in [0.29, 0.717) is 5.78 Å². The van der Waals surface area contributed by atoms with Crippen LogP contribution < -0.4 is 10.6 Å². The number of hydrogen-bond donors (Lipinski definition) is 1. The molecule has 1 aliphatic heterocycles. The molecule has 3 rings (SSSR count). The third-order valence-electron chi connectivity index (χ3n) is 2.94. The Labute approximate surface area is 93.1 Å². The van der Waals surface area contributed by atoms with Gasteiger partial charge in [-0.1, -0.05) is 0 Å². The van der Waals surface area contributed by atoms with Crippen LogP contribution in [0.15, 0.2) is 12.4 Å². The van der Waals surface area contributed by atoms with Gasteiger partial charge in [0.2, 0.25) is 0 Å². The lowest BCUT2D eigenvalue weighted by Crippen LogP contribution is -2.27. The zero-order chi connectivity index (χ0) is 11.1. The molecule has 0 spiro atoms. The quantitative estimate of drug-likeness (QED) is 0.727. The summed E-state index contributed by atoms with van der Waals surface area (Å²) >= 11 is 0. The molecule has 1 fully saturated rings. The van der Waals surface area contributed by atoms with E-state index in [9.17, 15) is 0 Å². The first kappa shape index (κ1) is 9.53. The SMILES string of the molecule is Cc1cc(N2CC[C@H](N)C2)n2cnnc2n1. The summed E-state index contributed by atoms with van der Waals surface area (Å²) in [5.41, 5.74) is 6.88. The van der Waals surface area contributed by atoms with Crippen LogP contribution in [0.3, 0.4) is 0 Å². The van der Waals surface area contributed by atoms with Crippen molar-refractivity contribution in [1.29, 1.82) is 0 Å². The molecule has 0 radical (unpaired) electrons. The summed E-state index contributed by atoms with van der Waals surface area (Å²) in [5.74, 6) is 1.73. The van der Waals surface area contributed by atoms with Gasteiger partial charge in [-0.3, -0.25) is 4.40 Å². The molecule has 1 aliphatic rings. The molecule has 6 nitrogen and oxygen atoms in total. The van der Waals surface area contributed by atoms with Crippen LogP contribution in [-0.4, -0.2) is 38.7 Å². The largest absolute Gasteiger partial charge is 0.356 e. The third kappa shape index (κ3) is 1.42. The molecule has 6 heteroatoms. The second-order valence-corrected chi connectivity index (χ2v) is 4.25. The highest BCUT2D eigenvalue weighted by Crippen LogP contribution is 2.20. The Morgan fingerprint density at radius 2 is 2.38 bits per heavy atom. The second kappa shape index (κ2) is 3.41. The molecule has 0 bridgehead atoms. The summed E-state index contributed by atoms with van der Waals surface area (Å²) in [6.45, 7) is 3.84. The molecular formula is C10H14N6. The highest BCUT2D eigenvalue weighted by Gasteiger charge is 2.21. The fourth-order valence-corrected chi connectivity index (χ4v) is 2.15. The van der Waals surface area contributed by atoms with Gasteiger partial charge in [0.05, 0.1) is 0 Å². The van der Waals surface area contributed by atoms with Crippen LogP contribution >= 0.6 is 0 Å². The van der Waals surface area contributed by atoms with Crippen LogP contribution in [0.4, 0.5) is 5.82 Å². The van der Waals surface area contributed by atoms with Gasteiger partial charge >= 0.3 is 0 Å². The summed E-state index contributed by atoms with van der Waals surface area (Å²) in [7, 11) is 0. The van der Waals surface area contributed by atoms with E-state index in [4.69, 9.17) is 5.73 Å². The van der Waals surface area contributed by atoms with Crippen molar-refractivity contribution in [1.82, 2.24) is 19.6 Å². The summed E-state index contributed by atoms with van der Waals surface area (Å²) in [4.78, 5) is 6.58. The molecule has 0 aliphatic carbocycles. The van der Waals surface area contributed by atoms with Gasteiger partial charge in [0.25, 0.3) is 5.78 Å². The number of hydrogen-bond acceptors (Lipinski definition) is 5. The van der Waals surface area contributed by atoms with Crippen molar-refractivity contribution in [3.05, 3.63) is 18.1 Å². The van der Waals surface area contributed by atoms with Crippen molar-refractivity contribution in [2.24, 2.45) is 5.73 Å². The van der Waals surface area contributed by atoms with Crippen LogP contribution in [0.1, 0.15) is 12.1 Å². The molecule has 2 N–H and O–H groups in total. The number of nitrogens with zero attached hydrogens (tertiary/aromatic N) is 5. The van der Waals surface area contributed by atoms with Crippen molar-refractivity contribution in [2.45, 2.75) is 19.4 Å². The van der Waals surface area contributed by atoms with E-state index in [0.717, 1.165) is 31.0 Å². The number of nitrogens with two attached hydrogens (primary N) is 1. The molecule has 1 atom stereocenters. The first-order valence-corrected chi connectivity index (χ1v) is 5.42. The van der Waals surface area contributed by atoms with E-state index in [1.165, 1.54) is 0 Å². The van der Waals surface area contributed by atoms with Gasteiger partial charge in [-0.05, 0) is 13.3 Å². The summed E-state index contributed by atoms with van der Waals surface area (Å²) in [6.07, 6.45) is 2.73. The molecule has 2 aromatic heterocycles. The molecule has 2 aromatic rings. The Morgan fingerprint density at radius 1 is 1.50 bits per heavy atom. The van der Waals surface area contributed by atoms with Crippen LogP contribution in [0.25, 0.3) is 5.78 Å². The van der Waals surface area contributed by atoms with Crippen LogP contribution in [0.2, 0.25) is 0 Å². The van der Waals surface area contributed by atoms with Gasteiger partial charge in [0.1, 0.15) is 12.1 Å². The van der Waals surface area contributed by atoms with Crippen LogP contribution in [0, 0.1) is 6.92 Å². The van der Waals surface area contributed by atoms with Gasteiger partial charge < -0.3 is 10.6 Å². The van der Waals surface area contributed by atoms with E-state index in [1.807, 2.05) is 11.3 Å². The van der Waals surface area contributed by atoms with E-state index in [-0.39, 0.29) is 6.04 Å². The number of fused-ring (bicyclic) bond motifs is 1. The molecule has 0 saturated carbocycles. The molecule has 3 heterocycles. The van der Waals surface area contributed by atoms with Gasteiger partial charge in [-0.15, -0.1) is 10.2 Å². The Bertz CT molecular complexity index is 519. The maximum absolute atomic E-state index is 5.92. The maximum atomic E-state index is 5.92. The third-order valence-corrected chi connectivity index (χ3v) is 2.94. The number of aryl methyl sites for hydroxylation is 1. The van der Waals surface area contributed by atoms with Crippen LogP contribution in [-0.2, 0) is 0 Å². The standard InChI is InChI=1S/C10H14N6/c1-7-4-9(15-3-2-8(11)5-15)16-6-12-14-10(16)13-7/h4,6,8H,2-3,5,11H2,1H3/t8-/m0/s1. The average Bonchev–Trinajstić information content (AvgIpc) is 2.84. The second-order valence-electron chi connectivity index (χ2n) is 4.25. The lowest BCUT2D eigenvalue weighted by atomic mass is 10.3. The number of aromatic nitrogens is 4. The molecule has 0 amide bonds. The topological polar surface area (TPSA) is 72.3 Å². The first-order valence-electron chi connectivity index (χ1n) is 5.42.